The molecule has 1 aromatic rings. The molecule has 112 valence electrons. The Hall–Kier alpha value is -0.950. The molecule has 0 saturated carbocycles. The van der Waals surface area contributed by atoms with Crippen LogP contribution < -0.4 is 5.73 Å². The zero-order valence-corrected chi connectivity index (χ0v) is 12.8. The quantitative estimate of drug-likeness (QED) is 0.848. The Balaban J connectivity index is 2.04. The van der Waals surface area contributed by atoms with Crippen LogP contribution >= 0.6 is 11.3 Å². The Morgan fingerprint density at radius 1 is 1.55 bits per heavy atom. The zero-order valence-electron chi connectivity index (χ0n) is 12.0. The number of ether oxygens (including phenoxy) is 1. The Morgan fingerprint density at radius 2 is 2.30 bits per heavy atom. The van der Waals surface area contributed by atoms with E-state index in [-0.39, 0.29) is 11.9 Å². The Kier molecular flexibility index (Phi) is 5.97. The van der Waals surface area contributed by atoms with E-state index in [1.165, 1.54) is 4.88 Å². The molecule has 1 aromatic heterocycles. The van der Waals surface area contributed by atoms with Gasteiger partial charge in [-0.2, -0.15) is 0 Å². The maximum Gasteiger partial charge on any atom is 0.223 e. The largest absolute Gasteiger partial charge is 0.379 e. The molecule has 1 saturated heterocycles. The molecule has 1 atom stereocenters. The Morgan fingerprint density at radius 3 is 2.90 bits per heavy atom. The van der Waals surface area contributed by atoms with Crippen molar-refractivity contribution in [2.45, 2.75) is 12.5 Å². The summed E-state index contributed by atoms with van der Waals surface area (Å²) in [7, 11) is 1.86. The number of nitrogens with zero attached hydrogens (tertiary/aromatic N) is 2. The standard InChI is InChI=1S/C14H23N3O2S/c1-16(14(18)4-5-15)11-12(13-3-2-10-20-13)17-6-8-19-9-7-17/h2-3,10,12H,4-9,11,15H2,1H3. The van der Waals surface area contributed by atoms with Crippen LogP contribution in [0.2, 0.25) is 0 Å². The second-order valence-electron chi connectivity index (χ2n) is 4.99. The van der Waals surface area contributed by atoms with Crippen LogP contribution in [0.25, 0.3) is 0 Å². The van der Waals surface area contributed by atoms with Crippen molar-refractivity contribution in [3.8, 4) is 0 Å². The van der Waals surface area contributed by atoms with Crippen molar-refractivity contribution < 1.29 is 9.53 Å². The maximum absolute atomic E-state index is 11.9. The minimum absolute atomic E-state index is 0.113. The number of hydrogen-bond acceptors (Lipinski definition) is 5. The molecule has 1 aliphatic rings. The summed E-state index contributed by atoms with van der Waals surface area (Å²) in [4.78, 5) is 17.4. The molecule has 1 amide bonds. The van der Waals surface area contributed by atoms with Gasteiger partial charge in [0, 0.05) is 44.5 Å². The van der Waals surface area contributed by atoms with Gasteiger partial charge in [0.2, 0.25) is 5.91 Å². The van der Waals surface area contributed by atoms with Gasteiger partial charge in [0.25, 0.3) is 0 Å². The molecule has 0 radical (unpaired) electrons. The predicted molar refractivity (Wildman–Crippen MR) is 80.8 cm³/mol. The SMILES string of the molecule is CN(CC(c1cccs1)N1CCOCC1)C(=O)CCN. The molecule has 0 bridgehead atoms. The molecule has 1 fully saturated rings. The number of likely N-dealkylation sites (N-methyl/N-ethyl adjacent to an activating group) is 1. The normalized spacial score (nSPS) is 17.9. The van der Waals surface area contributed by atoms with Crippen LogP contribution in [0.1, 0.15) is 17.3 Å². The molecule has 5 nitrogen and oxygen atoms in total. The van der Waals surface area contributed by atoms with Crippen molar-refractivity contribution in [2.24, 2.45) is 5.73 Å². The van der Waals surface area contributed by atoms with Crippen LogP contribution in [-0.2, 0) is 9.53 Å². The lowest BCUT2D eigenvalue weighted by molar-refractivity contribution is -0.130. The third kappa shape index (κ3) is 4.02. The predicted octanol–water partition coefficient (Wildman–Crippen LogP) is 0.929. The molecule has 0 aliphatic carbocycles. The fraction of sp³-hybridized carbons (Fsp3) is 0.643. The van der Waals surface area contributed by atoms with Crippen LogP contribution in [0.4, 0.5) is 0 Å². The summed E-state index contributed by atoms with van der Waals surface area (Å²) in [6.07, 6.45) is 0.413. The van der Waals surface area contributed by atoms with Crippen LogP contribution in [0, 0.1) is 0 Å². The summed E-state index contributed by atoms with van der Waals surface area (Å²) >= 11 is 1.75. The first-order chi connectivity index (χ1) is 9.72. The fourth-order valence-electron chi connectivity index (χ4n) is 2.43. The van der Waals surface area contributed by atoms with Crippen LogP contribution in [0.15, 0.2) is 17.5 Å². The van der Waals surface area contributed by atoms with Gasteiger partial charge in [0.1, 0.15) is 0 Å². The highest BCUT2D eigenvalue weighted by Crippen LogP contribution is 2.26. The van der Waals surface area contributed by atoms with Crippen molar-refractivity contribution in [1.29, 1.82) is 0 Å². The third-order valence-electron chi connectivity index (χ3n) is 3.59. The van der Waals surface area contributed by atoms with Crippen molar-refractivity contribution in [3.05, 3.63) is 22.4 Å². The number of rotatable bonds is 6. The molecule has 0 aromatic carbocycles. The number of hydrogen-bond donors (Lipinski definition) is 1. The average molecular weight is 297 g/mol. The van der Waals surface area contributed by atoms with E-state index in [1.807, 2.05) is 7.05 Å². The van der Waals surface area contributed by atoms with E-state index < -0.39 is 0 Å². The summed E-state index contributed by atoms with van der Waals surface area (Å²) in [5, 5.41) is 2.09. The molecule has 2 heterocycles. The molecular formula is C14H23N3O2S. The highest BCUT2D eigenvalue weighted by Gasteiger charge is 2.25. The number of morpholine rings is 1. The molecular weight excluding hydrogens is 274 g/mol. The van der Waals surface area contributed by atoms with E-state index >= 15 is 0 Å². The lowest BCUT2D eigenvalue weighted by atomic mass is 10.1. The number of amides is 1. The summed E-state index contributed by atoms with van der Waals surface area (Å²) in [6.45, 7) is 4.48. The maximum atomic E-state index is 11.9. The molecule has 0 spiro atoms. The monoisotopic (exact) mass is 297 g/mol. The average Bonchev–Trinajstić information content (AvgIpc) is 2.99. The van der Waals surface area contributed by atoms with E-state index in [2.05, 4.69) is 22.4 Å². The molecule has 2 N–H and O–H groups in total. The van der Waals surface area contributed by atoms with E-state index in [9.17, 15) is 4.79 Å². The van der Waals surface area contributed by atoms with Gasteiger partial charge < -0.3 is 15.4 Å². The first kappa shape index (κ1) is 15.4. The van der Waals surface area contributed by atoms with Crippen LogP contribution in [0.5, 0.6) is 0 Å². The second kappa shape index (κ2) is 7.73. The molecule has 1 unspecified atom stereocenters. The summed E-state index contributed by atoms with van der Waals surface area (Å²) in [6, 6.07) is 4.46. The number of carbonyl (C=O) groups is 1. The van der Waals surface area contributed by atoms with Gasteiger partial charge in [-0.05, 0) is 11.4 Å². The van der Waals surface area contributed by atoms with Gasteiger partial charge in [-0.15, -0.1) is 11.3 Å². The fourth-order valence-corrected chi connectivity index (χ4v) is 3.28. The highest BCUT2D eigenvalue weighted by molar-refractivity contribution is 7.10. The zero-order chi connectivity index (χ0) is 14.4. The van der Waals surface area contributed by atoms with Crippen LogP contribution in [0.3, 0.4) is 0 Å². The van der Waals surface area contributed by atoms with E-state index in [1.54, 1.807) is 16.2 Å². The van der Waals surface area contributed by atoms with Gasteiger partial charge >= 0.3 is 0 Å². The van der Waals surface area contributed by atoms with Crippen molar-refractivity contribution in [2.75, 3.05) is 46.4 Å². The van der Waals surface area contributed by atoms with Crippen molar-refractivity contribution >= 4 is 17.2 Å². The molecule has 2 rings (SSSR count). The van der Waals surface area contributed by atoms with Crippen molar-refractivity contribution in [1.82, 2.24) is 9.80 Å². The summed E-state index contributed by atoms with van der Waals surface area (Å²) < 4.78 is 5.42. The van der Waals surface area contributed by atoms with E-state index in [0.29, 0.717) is 19.5 Å². The van der Waals surface area contributed by atoms with Gasteiger partial charge in [0.05, 0.1) is 19.3 Å². The molecule has 1 aliphatic heterocycles. The summed E-state index contributed by atoms with van der Waals surface area (Å²) in [5.74, 6) is 0.113. The third-order valence-corrected chi connectivity index (χ3v) is 4.56. The topological polar surface area (TPSA) is 58.8 Å². The smallest absolute Gasteiger partial charge is 0.223 e. The molecule has 20 heavy (non-hydrogen) atoms. The minimum atomic E-state index is 0.113. The van der Waals surface area contributed by atoms with E-state index in [0.717, 1.165) is 26.3 Å². The number of nitrogens with two attached hydrogens (primary N) is 1. The lowest BCUT2D eigenvalue weighted by Gasteiger charge is -2.36. The van der Waals surface area contributed by atoms with Crippen molar-refractivity contribution in [3.63, 3.8) is 0 Å². The first-order valence-electron chi connectivity index (χ1n) is 7.01. The van der Waals surface area contributed by atoms with E-state index in [4.69, 9.17) is 10.5 Å². The minimum Gasteiger partial charge on any atom is -0.379 e. The van der Waals surface area contributed by atoms with Gasteiger partial charge in [-0.3, -0.25) is 9.69 Å². The second-order valence-corrected chi connectivity index (χ2v) is 5.97. The number of carbonyl (C=O) groups excluding carboxylic acids is 1. The van der Waals surface area contributed by atoms with Crippen LogP contribution in [-0.4, -0.2) is 62.1 Å². The highest BCUT2D eigenvalue weighted by atomic mass is 32.1. The molecule has 6 heteroatoms. The number of thiophene rings is 1. The van der Waals surface area contributed by atoms with Gasteiger partial charge in [-0.1, -0.05) is 6.07 Å². The summed E-state index contributed by atoms with van der Waals surface area (Å²) in [5.41, 5.74) is 5.46. The first-order valence-corrected chi connectivity index (χ1v) is 7.89. The van der Waals surface area contributed by atoms with Gasteiger partial charge in [0.15, 0.2) is 0 Å². The van der Waals surface area contributed by atoms with Gasteiger partial charge in [-0.25, -0.2) is 0 Å². The lowest BCUT2D eigenvalue weighted by Crippen LogP contribution is -2.44. The Bertz CT molecular complexity index is 405. The Labute approximate surface area is 124 Å².